The van der Waals surface area contributed by atoms with E-state index in [-0.39, 0.29) is 5.91 Å². The Labute approximate surface area is 208 Å². The Bertz CT molecular complexity index is 1240. The molecule has 1 unspecified atom stereocenters. The lowest BCUT2D eigenvalue weighted by Crippen LogP contribution is -2.34. The number of piperidine rings is 1. The van der Waals surface area contributed by atoms with E-state index in [4.69, 9.17) is 0 Å². The van der Waals surface area contributed by atoms with Crippen molar-refractivity contribution in [3.05, 3.63) is 115 Å². The van der Waals surface area contributed by atoms with Crippen molar-refractivity contribution in [2.24, 2.45) is 5.92 Å². The van der Waals surface area contributed by atoms with Gasteiger partial charge in [0.25, 0.3) is 5.91 Å². The highest BCUT2D eigenvalue weighted by atomic mass is 16.1. The molecular formula is C31H33N3O. The average molecular weight is 464 g/mol. The molecule has 1 N–H and O–H groups in total. The Kier molecular flexibility index (Phi) is 6.99. The Morgan fingerprint density at radius 2 is 1.57 bits per heavy atom. The third-order valence-electron chi connectivity index (χ3n) is 7.15. The molecule has 1 amide bonds. The van der Waals surface area contributed by atoms with Crippen LogP contribution < -0.4 is 10.2 Å². The van der Waals surface area contributed by atoms with E-state index in [1.807, 2.05) is 42.5 Å². The molecule has 2 heterocycles. The first-order valence-electron chi connectivity index (χ1n) is 12.6. The molecule has 178 valence electrons. The minimum Gasteiger partial charge on any atom is -0.371 e. The molecule has 3 aromatic carbocycles. The number of nitrogens with zero attached hydrogens (tertiary/aromatic N) is 2. The Balaban J connectivity index is 1.15. The van der Waals surface area contributed by atoms with Crippen LogP contribution in [0.15, 0.2) is 103 Å². The van der Waals surface area contributed by atoms with Crippen LogP contribution in [0.2, 0.25) is 0 Å². The number of nitrogens with one attached hydrogen (secondary N) is 1. The predicted octanol–water partition coefficient (Wildman–Crippen LogP) is 7.14. The van der Waals surface area contributed by atoms with Crippen LogP contribution >= 0.6 is 0 Å². The summed E-state index contributed by atoms with van der Waals surface area (Å²) >= 11 is 0. The standard InChI is InChI=1S/C31H33N3O/c1-24(27-17-20-34(23-27)29-12-6-3-7-13-29)21-25-15-18-33(19-16-25)30-14-8-11-28(22-30)32-31(35)26-9-4-2-5-10-26/h2-14,17,20,22-25H,15-16,18-19,21H2,1H3,(H,32,35). The number of hydrogen-bond donors (Lipinski definition) is 1. The maximum absolute atomic E-state index is 12.5. The second kappa shape index (κ2) is 10.6. The van der Waals surface area contributed by atoms with Crippen molar-refractivity contribution in [2.45, 2.75) is 32.1 Å². The van der Waals surface area contributed by atoms with E-state index in [9.17, 15) is 4.79 Å². The fourth-order valence-electron chi connectivity index (χ4n) is 5.10. The second-order valence-corrected chi connectivity index (χ2v) is 9.63. The van der Waals surface area contributed by atoms with Crippen LogP contribution in [0.1, 0.15) is 48.0 Å². The largest absolute Gasteiger partial charge is 0.371 e. The van der Waals surface area contributed by atoms with Crippen molar-refractivity contribution in [1.82, 2.24) is 4.57 Å². The molecule has 1 aromatic heterocycles. The number of rotatable bonds is 7. The van der Waals surface area contributed by atoms with E-state index in [1.54, 1.807) is 0 Å². The van der Waals surface area contributed by atoms with Gasteiger partial charge < -0.3 is 14.8 Å². The first-order chi connectivity index (χ1) is 17.2. The molecule has 1 saturated heterocycles. The Morgan fingerprint density at radius 3 is 2.31 bits per heavy atom. The van der Waals surface area contributed by atoms with Gasteiger partial charge in [-0.3, -0.25) is 4.79 Å². The fraction of sp³-hybridized carbons (Fsp3) is 0.258. The third kappa shape index (κ3) is 5.65. The topological polar surface area (TPSA) is 37.3 Å². The van der Waals surface area contributed by atoms with E-state index < -0.39 is 0 Å². The van der Waals surface area contributed by atoms with Crippen LogP contribution in [0.5, 0.6) is 0 Å². The normalized spacial score (nSPS) is 15.1. The van der Waals surface area contributed by atoms with Crippen LogP contribution in [-0.4, -0.2) is 23.6 Å². The van der Waals surface area contributed by atoms with E-state index in [0.717, 1.165) is 24.7 Å². The lowest BCUT2D eigenvalue weighted by Gasteiger charge is -2.34. The SMILES string of the molecule is CC(CC1CCN(c2cccc(NC(=O)c3ccccc3)c2)CC1)c1ccn(-c2ccccc2)c1. The van der Waals surface area contributed by atoms with E-state index in [1.165, 1.54) is 36.2 Å². The highest BCUT2D eigenvalue weighted by Crippen LogP contribution is 2.32. The average Bonchev–Trinajstić information content (AvgIpc) is 3.41. The van der Waals surface area contributed by atoms with E-state index in [0.29, 0.717) is 11.5 Å². The van der Waals surface area contributed by atoms with Gasteiger partial charge in [0.05, 0.1) is 0 Å². The summed E-state index contributed by atoms with van der Waals surface area (Å²) in [6.07, 6.45) is 8.08. The molecule has 35 heavy (non-hydrogen) atoms. The van der Waals surface area contributed by atoms with Gasteiger partial charge >= 0.3 is 0 Å². The van der Waals surface area contributed by atoms with Crippen molar-refractivity contribution in [2.75, 3.05) is 23.3 Å². The summed E-state index contributed by atoms with van der Waals surface area (Å²) in [5.41, 5.74) is 5.32. The lowest BCUT2D eigenvalue weighted by atomic mass is 9.85. The van der Waals surface area contributed by atoms with Gasteiger partial charge in [0.15, 0.2) is 0 Å². The van der Waals surface area contributed by atoms with Crippen molar-refractivity contribution in [1.29, 1.82) is 0 Å². The first kappa shape index (κ1) is 23.0. The molecule has 0 radical (unpaired) electrons. The quantitative estimate of drug-likeness (QED) is 0.316. The van der Waals surface area contributed by atoms with Crippen LogP contribution in [0, 0.1) is 5.92 Å². The molecule has 0 spiro atoms. The molecule has 4 heteroatoms. The smallest absolute Gasteiger partial charge is 0.255 e. The van der Waals surface area contributed by atoms with Crippen molar-refractivity contribution in [3.8, 4) is 5.69 Å². The highest BCUT2D eigenvalue weighted by Gasteiger charge is 2.22. The summed E-state index contributed by atoms with van der Waals surface area (Å²) in [6, 6.07) is 30.4. The maximum atomic E-state index is 12.5. The Morgan fingerprint density at radius 1 is 0.886 bits per heavy atom. The molecule has 0 saturated carbocycles. The zero-order valence-corrected chi connectivity index (χ0v) is 20.3. The summed E-state index contributed by atoms with van der Waals surface area (Å²) in [7, 11) is 0. The molecule has 1 atom stereocenters. The van der Waals surface area contributed by atoms with Gasteiger partial charge in [-0.2, -0.15) is 0 Å². The third-order valence-corrected chi connectivity index (χ3v) is 7.15. The van der Waals surface area contributed by atoms with Gasteiger partial charge in [-0.05, 0) is 85.2 Å². The number of carbonyl (C=O) groups is 1. The van der Waals surface area contributed by atoms with Crippen LogP contribution in [0.3, 0.4) is 0 Å². The Hall–Kier alpha value is -3.79. The molecule has 4 aromatic rings. The lowest BCUT2D eigenvalue weighted by molar-refractivity contribution is 0.102. The minimum atomic E-state index is -0.0726. The van der Waals surface area contributed by atoms with E-state index >= 15 is 0 Å². The van der Waals surface area contributed by atoms with Crippen LogP contribution in [0.4, 0.5) is 11.4 Å². The maximum Gasteiger partial charge on any atom is 0.255 e. The van der Waals surface area contributed by atoms with Gasteiger partial charge in [0, 0.05) is 48.1 Å². The van der Waals surface area contributed by atoms with Crippen LogP contribution in [0.25, 0.3) is 5.69 Å². The monoisotopic (exact) mass is 463 g/mol. The number of anilines is 2. The highest BCUT2D eigenvalue weighted by molar-refractivity contribution is 6.04. The molecule has 4 nitrogen and oxygen atoms in total. The second-order valence-electron chi connectivity index (χ2n) is 9.63. The minimum absolute atomic E-state index is 0.0726. The number of hydrogen-bond acceptors (Lipinski definition) is 2. The molecule has 1 fully saturated rings. The summed E-state index contributed by atoms with van der Waals surface area (Å²) in [5.74, 6) is 1.21. The van der Waals surface area contributed by atoms with Gasteiger partial charge in [-0.1, -0.05) is 49.4 Å². The number of carbonyl (C=O) groups excluding carboxylic acids is 1. The molecule has 5 rings (SSSR count). The van der Waals surface area contributed by atoms with Gasteiger partial charge in [-0.25, -0.2) is 0 Å². The molecular weight excluding hydrogens is 430 g/mol. The number of benzene rings is 3. The summed E-state index contributed by atoms with van der Waals surface area (Å²) < 4.78 is 2.22. The molecule has 1 aliphatic rings. The summed E-state index contributed by atoms with van der Waals surface area (Å²) in [4.78, 5) is 15.0. The first-order valence-corrected chi connectivity index (χ1v) is 12.6. The molecule has 0 bridgehead atoms. The van der Waals surface area contributed by atoms with E-state index in [2.05, 4.69) is 82.6 Å². The van der Waals surface area contributed by atoms with Gasteiger partial charge in [0.2, 0.25) is 0 Å². The summed E-state index contributed by atoms with van der Waals surface area (Å²) in [6.45, 7) is 4.47. The fourth-order valence-corrected chi connectivity index (χ4v) is 5.10. The van der Waals surface area contributed by atoms with Crippen molar-refractivity contribution in [3.63, 3.8) is 0 Å². The van der Waals surface area contributed by atoms with Gasteiger partial charge in [-0.15, -0.1) is 0 Å². The summed E-state index contributed by atoms with van der Waals surface area (Å²) in [5, 5.41) is 3.04. The number of para-hydroxylation sites is 1. The zero-order valence-electron chi connectivity index (χ0n) is 20.3. The molecule has 0 aliphatic carbocycles. The number of aromatic nitrogens is 1. The number of amides is 1. The zero-order chi connectivity index (χ0) is 24.0. The van der Waals surface area contributed by atoms with Crippen LogP contribution in [-0.2, 0) is 0 Å². The van der Waals surface area contributed by atoms with Gasteiger partial charge in [0.1, 0.15) is 0 Å². The van der Waals surface area contributed by atoms with Crippen molar-refractivity contribution < 1.29 is 4.79 Å². The molecule has 1 aliphatic heterocycles. The van der Waals surface area contributed by atoms with Crippen molar-refractivity contribution >= 4 is 17.3 Å². The predicted molar refractivity (Wildman–Crippen MR) is 145 cm³/mol.